The summed E-state index contributed by atoms with van der Waals surface area (Å²) in [6, 6.07) is 0.722. The van der Waals surface area contributed by atoms with Crippen LogP contribution >= 0.6 is 11.3 Å². The normalized spacial score (nSPS) is 29.4. The van der Waals surface area contributed by atoms with Crippen LogP contribution in [0.25, 0.3) is 0 Å². The molecule has 2 atom stereocenters. The standard InChI is InChI=1S/C13H21N3S/c1-2-5-16(6-3-1)7-4-15-12-8-11(12)13-9-14-10-17-13/h9-12,15H,1-8H2/t11-,12-/m1/s1. The van der Waals surface area contributed by atoms with Crippen LogP contribution in [0, 0.1) is 0 Å². The van der Waals surface area contributed by atoms with E-state index in [0.29, 0.717) is 0 Å². The van der Waals surface area contributed by atoms with Gasteiger partial charge in [0.2, 0.25) is 0 Å². The minimum Gasteiger partial charge on any atom is -0.312 e. The zero-order valence-electron chi connectivity index (χ0n) is 10.3. The summed E-state index contributed by atoms with van der Waals surface area (Å²) >= 11 is 1.80. The van der Waals surface area contributed by atoms with E-state index >= 15 is 0 Å². The zero-order chi connectivity index (χ0) is 11.5. The van der Waals surface area contributed by atoms with Crippen LogP contribution in [0.3, 0.4) is 0 Å². The first kappa shape index (κ1) is 11.6. The molecule has 1 saturated heterocycles. The van der Waals surface area contributed by atoms with Crippen molar-refractivity contribution >= 4 is 11.3 Å². The highest BCUT2D eigenvalue weighted by atomic mass is 32.1. The molecule has 3 rings (SSSR count). The first-order valence-corrected chi connectivity index (χ1v) is 7.65. The highest BCUT2D eigenvalue weighted by molar-refractivity contribution is 7.09. The third kappa shape index (κ3) is 3.06. The molecule has 4 heteroatoms. The second-order valence-electron chi connectivity index (χ2n) is 5.21. The van der Waals surface area contributed by atoms with Crippen LogP contribution in [0.5, 0.6) is 0 Å². The highest BCUT2D eigenvalue weighted by Gasteiger charge is 2.38. The van der Waals surface area contributed by atoms with Gasteiger partial charge < -0.3 is 10.2 Å². The van der Waals surface area contributed by atoms with Crippen molar-refractivity contribution in [3.05, 3.63) is 16.6 Å². The van der Waals surface area contributed by atoms with Gasteiger partial charge in [-0.3, -0.25) is 4.98 Å². The molecule has 2 fully saturated rings. The number of hydrogen-bond acceptors (Lipinski definition) is 4. The molecule has 0 amide bonds. The van der Waals surface area contributed by atoms with Crippen molar-refractivity contribution in [1.82, 2.24) is 15.2 Å². The Kier molecular flexibility index (Phi) is 3.74. The number of thiazole rings is 1. The van der Waals surface area contributed by atoms with E-state index in [1.807, 2.05) is 11.7 Å². The van der Waals surface area contributed by atoms with Crippen molar-refractivity contribution < 1.29 is 0 Å². The van der Waals surface area contributed by atoms with E-state index in [-0.39, 0.29) is 0 Å². The van der Waals surface area contributed by atoms with Crippen LogP contribution in [0.2, 0.25) is 0 Å². The number of nitrogens with one attached hydrogen (secondary N) is 1. The summed E-state index contributed by atoms with van der Waals surface area (Å²) in [5.41, 5.74) is 1.94. The van der Waals surface area contributed by atoms with Crippen molar-refractivity contribution in [2.24, 2.45) is 0 Å². The van der Waals surface area contributed by atoms with Gasteiger partial charge in [-0.25, -0.2) is 0 Å². The molecule has 0 radical (unpaired) electrons. The molecule has 1 aromatic heterocycles. The maximum absolute atomic E-state index is 4.15. The summed E-state index contributed by atoms with van der Waals surface area (Å²) in [5, 5.41) is 3.68. The molecule has 1 aliphatic carbocycles. The smallest absolute Gasteiger partial charge is 0.0794 e. The van der Waals surface area contributed by atoms with Gasteiger partial charge in [0.15, 0.2) is 0 Å². The Bertz CT molecular complexity index is 332. The van der Waals surface area contributed by atoms with Crippen LogP contribution in [0.1, 0.15) is 36.5 Å². The minimum absolute atomic E-state index is 0.722. The lowest BCUT2D eigenvalue weighted by Gasteiger charge is -2.26. The van der Waals surface area contributed by atoms with E-state index in [1.54, 1.807) is 11.3 Å². The number of rotatable bonds is 5. The molecule has 1 aromatic rings. The lowest BCUT2D eigenvalue weighted by Crippen LogP contribution is -2.36. The van der Waals surface area contributed by atoms with Crippen molar-refractivity contribution in [3.63, 3.8) is 0 Å². The average molecular weight is 251 g/mol. The van der Waals surface area contributed by atoms with E-state index in [0.717, 1.165) is 18.5 Å². The summed E-state index contributed by atoms with van der Waals surface area (Å²) in [6.45, 7) is 5.00. The molecule has 17 heavy (non-hydrogen) atoms. The van der Waals surface area contributed by atoms with Gasteiger partial charge in [0.05, 0.1) is 5.51 Å². The van der Waals surface area contributed by atoms with Crippen LogP contribution in [0.15, 0.2) is 11.7 Å². The van der Waals surface area contributed by atoms with Crippen molar-refractivity contribution in [2.75, 3.05) is 26.2 Å². The van der Waals surface area contributed by atoms with Gasteiger partial charge in [-0.2, -0.15) is 0 Å². The maximum atomic E-state index is 4.15. The Morgan fingerprint density at radius 1 is 1.35 bits per heavy atom. The predicted octanol–water partition coefficient (Wildman–Crippen LogP) is 2.07. The van der Waals surface area contributed by atoms with E-state index in [9.17, 15) is 0 Å². The first-order chi connectivity index (χ1) is 8.43. The number of aromatic nitrogens is 1. The van der Waals surface area contributed by atoms with Gasteiger partial charge in [0.25, 0.3) is 0 Å². The van der Waals surface area contributed by atoms with Crippen LogP contribution < -0.4 is 5.32 Å². The Morgan fingerprint density at radius 2 is 2.24 bits per heavy atom. The summed E-state index contributed by atoms with van der Waals surface area (Å²) in [6.07, 6.45) is 7.56. The fraction of sp³-hybridized carbons (Fsp3) is 0.769. The van der Waals surface area contributed by atoms with Gasteiger partial charge in [-0.15, -0.1) is 11.3 Å². The Balaban J connectivity index is 1.33. The lowest BCUT2D eigenvalue weighted by molar-refractivity contribution is 0.229. The minimum atomic E-state index is 0.722. The van der Waals surface area contributed by atoms with Crippen molar-refractivity contribution in [1.29, 1.82) is 0 Å². The van der Waals surface area contributed by atoms with E-state index in [1.165, 1.54) is 50.2 Å². The molecule has 2 aliphatic rings. The topological polar surface area (TPSA) is 28.2 Å². The summed E-state index contributed by atoms with van der Waals surface area (Å²) in [5.74, 6) is 0.754. The largest absolute Gasteiger partial charge is 0.312 e. The highest BCUT2D eigenvalue weighted by Crippen LogP contribution is 2.42. The summed E-state index contributed by atoms with van der Waals surface area (Å²) < 4.78 is 0. The average Bonchev–Trinajstić information content (AvgIpc) is 2.93. The maximum Gasteiger partial charge on any atom is 0.0794 e. The first-order valence-electron chi connectivity index (χ1n) is 6.77. The molecule has 1 aliphatic heterocycles. The number of nitrogens with zero attached hydrogens (tertiary/aromatic N) is 2. The summed E-state index contributed by atoms with van der Waals surface area (Å²) in [7, 11) is 0. The Hall–Kier alpha value is -0.450. The van der Waals surface area contributed by atoms with E-state index in [4.69, 9.17) is 0 Å². The number of piperidine rings is 1. The molecule has 94 valence electrons. The van der Waals surface area contributed by atoms with Gasteiger partial charge in [-0.1, -0.05) is 6.42 Å². The van der Waals surface area contributed by atoms with Crippen LogP contribution in [-0.2, 0) is 0 Å². The fourth-order valence-electron chi connectivity index (χ4n) is 2.73. The molecule has 0 bridgehead atoms. The van der Waals surface area contributed by atoms with Crippen molar-refractivity contribution in [2.45, 2.75) is 37.6 Å². The quantitative estimate of drug-likeness (QED) is 0.868. The molecule has 0 unspecified atom stereocenters. The molecule has 1 saturated carbocycles. The second-order valence-corrected chi connectivity index (χ2v) is 6.13. The summed E-state index contributed by atoms with van der Waals surface area (Å²) in [4.78, 5) is 8.21. The monoisotopic (exact) mass is 251 g/mol. The van der Waals surface area contributed by atoms with Crippen LogP contribution in [0.4, 0.5) is 0 Å². The number of hydrogen-bond donors (Lipinski definition) is 1. The molecule has 0 spiro atoms. The Labute approximate surface area is 107 Å². The fourth-order valence-corrected chi connectivity index (χ4v) is 3.54. The third-order valence-corrected chi connectivity index (χ3v) is 4.80. The molecular weight excluding hydrogens is 230 g/mol. The second kappa shape index (κ2) is 5.46. The van der Waals surface area contributed by atoms with E-state index < -0.39 is 0 Å². The van der Waals surface area contributed by atoms with E-state index in [2.05, 4.69) is 15.2 Å². The third-order valence-electron chi connectivity index (χ3n) is 3.89. The molecule has 2 heterocycles. The predicted molar refractivity (Wildman–Crippen MR) is 71.6 cm³/mol. The van der Waals surface area contributed by atoms with Crippen LogP contribution in [-0.4, -0.2) is 42.1 Å². The van der Waals surface area contributed by atoms with Gasteiger partial charge in [0.1, 0.15) is 0 Å². The lowest BCUT2D eigenvalue weighted by atomic mass is 10.1. The van der Waals surface area contributed by atoms with Gasteiger partial charge in [-0.05, 0) is 32.4 Å². The Morgan fingerprint density at radius 3 is 3.00 bits per heavy atom. The SMILES string of the molecule is c1ncc([C@@H]2C[C@H]2NCCN2CCCCC2)s1. The van der Waals surface area contributed by atoms with Crippen molar-refractivity contribution in [3.8, 4) is 0 Å². The molecular formula is C13H21N3S. The number of likely N-dealkylation sites (tertiary alicyclic amines) is 1. The molecule has 3 nitrogen and oxygen atoms in total. The zero-order valence-corrected chi connectivity index (χ0v) is 11.1. The molecule has 1 N–H and O–H groups in total. The van der Waals surface area contributed by atoms with Gasteiger partial charge >= 0.3 is 0 Å². The van der Waals surface area contributed by atoms with Gasteiger partial charge in [0, 0.05) is 36.1 Å². The molecule has 0 aromatic carbocycles.